The van der Waals surface area contributed by atoms with E-state index < -0.39 is 6.03 Å². The Morgan fingerprint density at radius 3 is 2.40 bits per heavy atom. The Morgan fingerprint density at radius 2 is 1.71 bits per heavy atom. The van der Waals surface area contributed by atoms with Gasteiger partial charge in [0.15, 0.2) is 0 Å². The lowest BCUT2D eigenvalue weighted by Gasteiger charge is -2.14. The molecule has 0 spiro atoms. The number of carbonyl (C=O) groups excluding carboxylic acids is 2. The van der Waals surface area contributed by atoms with Crippen LogP contribution in [-0.4, -0.2) is 57.4 Å². The van der Waals surface area contributed by atoms with E-state index in [9.17, 15) is 9.59 Å². The molecule has 0 saturated heterocycles. The van der Waals surface area contributed by atoms with Gasteiger partial charge in [0.05, 0.1) is 24.2 Å². The van der Waals surface area contributed by atoms with Crippen LogP contribution in [-0.2, 0) is 21.6 Å². The maximum absolute atomic E-state index is 13.3. The first kappa shape index (κ1) is 36.1. The second kappa shape index (κ2) is 17.4. The van der Waals surface area contributed by atoms with E-state index in [2.05, 4.69) is 46.7 Å². The molecule has 0 unspecified atom stereocenters. The number of fused-ring (bicyclic) bond motifs is 1. The number of hydrogen-bond donors (Lipinski definition) is 3. The van der Waals surface area contributed by atoms with Crippen molar-refractivity contribution in [2.45, 2.75) is 40.2 Å². The monoisotopic (exact) mass is 768 g/mol. The molecule has 13 heteroatoms. The summed E-state index contributed by atoms with van der Waals surface area (Å²) in [5.74, 6) is 1.87. The van der Waals surface area contributed by atoms with Crippen LogP contribution in [0.2, 0.25) is 0 Å². The van der Waals surface area contributed by atoms with Gasteiger partial charge in [-0.05, 0) is 71.1 Å². The van der Waals surface area contributed by atoms with E-state index in [1.165, 1.54) is 7.11 Å². The maximum Gasteiger partial charge on any atom is 0.324 e. The molecule has 0 radical (unpaired) electrons. The van der Waals surface area contributed by atoms with Crippen LogP contribution in [0.25, 0.3) is 16.6 Å². The average Bonchev–Trinajstić information content (AvgIpc) is 3.49. The summed E-state index contributed by atoms with van der Waals surface area (Å²) in [6.07, 6.45) is 3.25. The van der Waals surface area contributed by atoms with Gasteiger partial charge in [-0.3, -0.25) is 15.1 Å². The predicted molar refractivity (Wildman–Crippen MR) is 199 cm³/mol. The highest BCUT2D eigenvalue weighted by atomic mass is 127. The lowest BCUT2D eigenvalue weighted by Crippen LogP contribution is -2.21. The Morgan fingerprint density at radius 1 is 0.958 bits per heavy atom. The first-order valence-corrected chi connectivity index (χ1v) is 16.0. The first-order valence-electron chi connectivity index (χ1n) is 15.2. The molecule has 3 amide bonds. The first-order chi connectivity index (χ1) is 23.1. The fourth-order valence-electron chi connectivity index (χ4n) is 4.50. The number of carbonyl (C=O) groups is 2. The standard InChI is InChI=1S/C33H35N7O5.CH3I.CH4/c1-33(2,3)27-18-29(40(39-27)22-8-10-23(44-5)11-9-22)38-32(42)36-25-12-13-26(31-24(25)7-6-15-35-31)45-19-21-14-16-34-28(17-21)37-30(41)20-43-4;1-2;/h6-18H,19-20H2,1-5H3,(H,34,37,41)(H2,36,38,42);1H3;1H4/i;1D;. The van der Waals surface area contributed by atoms with Gasteiger partial charge in [-0.1, -0.05) is 50.8 Å². The number of nitrogens with zero attached hydrogens (tertiary/aromatic N) is 4. The highest BCUT2D eigenvalue weighted by Crippen LogP contribution is 2.31. The molecule has 5 rings (SSSR count). The molecule has 254 valence electrons. The average molecular weight is 769 g/mol. The van der Waals surface area contributed by atoms with Crippen LogP contribution in [0.15, 0.2) is 79.1 Å². The lowest BCUT2D eigenvalue weighted by atomic mass is 9.92. The van der Waals surface area contributed by atoms with Crippen LogP contribution < -0.4 is 25.4 Å². The summed E-state index contributed by atoms with van der Waals surface area (Å²) in [7, 11) is 3.06. The SMILES string of the molecule is C.COCC(=O)Nc1cc(COc2ccc(NC(=O)Nc3cc(C(C)(C)C)nn3-c3ccc(OC)cc3)c3cccnc23)ccn1.[2H]CI. The number of rotatable bonds is 10. The van der Waals surface area contributed by atoms with Crippen molar-refractivity contribution in [2.75, 3.05) is 41.7 Å². The molecule has 0 aliphatic heterocycles. The fourth-order valence-corrected chi connectivity index (χ4v) is 4.50. The number of ether oxygens (including phenoxy) is 3. The minimum atomic E-state index is -0.441. The summed E-state index contributed by atoms with van der Waals surface area (Å²) in [5.41, 5.74) is 3.29. The summed E-state index contributed by atoms with van der Waals surface area (Å²) in [4.78, 5) is 34.3. The van der Waals surface area contributed by atoms with E-state index >= 15 is 0 Å². The Hall–Kier alpha value is -4.76. The summed E-state index contributed by atoms with van der Waals surface area (Å²) < 4.78 is 24.1. The summed E-state index contributed by atoms with van der Waals surface area (Å²) in [6, 6.07) is 19.6. The molecule has 0 fully saturated rings. The highest BCUT2D eigenvalue weighted by Gasteiger charge is 2.22. The Balaban J connectivity index is 0.00000157. The summed E-state index contributed by atoms with van der Waals surface area (Å²) in [5, 5.41) is 14.1. The van der Waals surface area contributed by atoms with Crippen molar-refractivity contribution in [1.82, 2.24) is 19.7 Å². The molecule has 5 aromatic rings. The molecule has 3 aromatic heterocycles. The van der Waals surface area contributed by atoms with Crippen molar-refractivity contribution in [3.8, 4) is 17.2 Å². The van der Waals surface area contributed by atoms with E-state index in [0.717, 1.165) is 22.7 Å². The van der Waals surface area contributed by atoms with E-state index in [0.29, 0.717) is 38.9 Å². The smallest absolute Gasteiger partial charge is 0.324 e. The number of urea groups is 1. The number of alkyl halides is 1. The topological polar surface area (TPSA) is 142 Å². The van der Waals surface area contributed by atoms with Gasteiger partial charge in [-0.15, -0.1) is 0 Å². The molecular weight excluding hydrogens is 725 g/mol. The van der Waals surface area contributed by atoms with Crippen LogP contribution in [0.1, 0.15) is 40.8 Å². The van der Waals surface area contributed by atoms with Gasteiger partial charge in [-0.2, -0.15) is 5.10 Å². The fraction of sp³-hybridized carbons (Fsp3) is 0.286. The number of halogens is 1. The normalized spacial score (nSPS) is 10.9. The minimum Gasteiger partial charge on any atom is -0.497 e. The molecule has 3 N–H and O–H groups in total. The Kier molecular flexibility index (Phi) is 13.1. The quantitative estimate of drug-likeness (QED) is 0.0974. The van der Waals surface area contributed by atoms with Gasteiger partial charge in [0.25, 0.3) is 5.91 Å². The lowest BCUT2D eigenvalue weighted by molar-refractivity contribution is -0.119. The van der Waals surface area contributed by atoms with E-state index in [4.69, 9.17) is 20.7 Å². The minimum absolute atomic E-state index is 0. The molecule has 3 heterocycles. The van der Waals surface area contributed by atoms with E-state index in [-0.39, 0.29) is 32.0 Å². The molecule has 0 saturated carbocycles. The zero-order chi connectivity index (χ0) is 34.7. The second-order valence-corrected chi connectivity index (χ2v) is 11.2. The number of amides is 3. The Labute approximate surface area is 296 Å². The molecule has 0 aliphatic rings. The van der Waals surface area contributed by atoms with Crippen LogP contribution in [0.3, 0.4) is 0 Å². The number of nitrogens with one attached hydrogen (secondary N) is 3. The zero-order valence-corrected chi connectivity index (χ0v) is 29.0. The molecular formula is C35H42IN7O5. The van der Waals surface area contributed by atoms with Crippen molar-refractivity contribution in [3.63, 3.8) is 0 Å². The maximum atomic E-state index is 13.3. The number of anilines is 3. The van der Waals surface area contributed by atoms with Gasteiger partial charge in [0.1, 0.15) is 41.9 Å². The van der Waals surface area contributed by atoms with Gasteiger partial charge < -0.3 is 24.8 Å². The third-order valence-corrected chi connectivity index (χ3v) is 6.78. The number of benzene rings is 2. The summed E-state index contributed by atoms with van der Waals surface area (Å²) >= 11 is 1.96. The third kappa shape index (κ3) is 9.64. The third-order valence-electron chi connectivity index (χ3n) is 6.78. The largest absolute Gasteiger partial charge is 0.497 e. The van der Waals surface area contributed by atoms with Crippen molar-refractivity contribution in [3.05, 3.63) is 90.4 Å². The summed E-state index contributed by atoms with van der Waals surface area (Å²) in [6.45, 7) is 6.33. The van der Waals surface area contributed by atoms with Crippen molar-refractivity contribution in [2.24, 2.45) is 0 Å². The van der Waals surface area contributed by atoms with Gasteiger partial charge >= 0.3 is 6.03 Å². The predicted octanol–water partition coefficient (Wildman–Crippen LogP) is 7.62. The van der Waals surface area contributed by atoms with Crippen LogP contribution in [0.4, 0.5) is 22.1 Å². The van der Waals surface area contributed by atoms with Gasteiger partial charge in [-0.25, -0.2) is 14.5 Å². The zero-order valence-electron chi connectivity index (χ0n) is 27.8. The number of hydrogen-bond acceptors (Lipinski definition) is 8. The van der Waals surface area contributed by atoms with Crippen molar-refractivity contribution in [1.29, 1.82) is 0 Å². The number of pyridine rings is 2. The highest BCUT2D eigenvalue weighted by molar-refractivity contribution is 14.1. The van der Waals surface area contributed by atoms with Crippen molar-refractivity contribution >= 4 is 62.8 Å². The van der Waals surface area contributed by atoms with E-state index in [1.54, 1.807) is 54.5 Å². The van der Waals surface area contributed by atoms with Crippen LogP contribution >= 0.6 is 22.6 Å². The molecule has 12 nitrogen and oxygen atoms in total. The number of methoxy groups -OCH3 is 2. The van der Waals surface area contributed by atoms with E-state index in [1.807, 2.05) is 59.0 Å². The van der Waals surface area contributed by atoms with Crippen LogP contribution in [0.5, 0.6) is 11.5 Å². The van der Waals surface area contributed by atoms with Crippen LogP contribution in [0, 0.1) is 0 Å². The van der Waals surface area contributed by atoms with Crippen molar-refractivity contribution < 1.29 is 25.2 Å². The molecule has 0 bridgehead atoms. The molecule has 2 aromatic carbocycles. The molecule has 0 aliphatic carbocycles. The number of aromatic nitrogens is 4. The van der Waals surface area contributed by atoms with Gasteiger partial charge in [0.2, 0.25) is 0 Å². The molecule has 0 atom stereocenters. The molecule has 48 heavy (non-hydrogen) atoms. The van der Waals surface area contributed by atoms with Gasteiger partial charge in [0, 0.05) is 37.7 Å². The second-order valence-electron chi connectivity index (χ2n) is 11.2. The Bertz CT molecular complexity index is 1850.